The minimum atomic E-state index is -0.441. The van der Waals surface area contributed by atoms with Gasteiger partial charge < -0.3 is 15.0 Å². The quantitative estimate of drug-likeness (QED) is 0.843. The van der Waals surface area contributed by atoms with Gasteiger partial charge >= 0.3 is 0 Å². The first-order chi connectivity index (χ1) is 12.6. The van der Waals surface area contributed by atoms with Crippen LogP contribution in [0.1, 0.15) is 34.5 Å². The largest absolute Gasteiger partial charge is 0.496 e. The number of carbonyl (C=O) groups excluding carboxylic acids is 2. The number of likely N-dealkylation sites (tertiary alicyclic amines) is 1. The van der Waals surface area contributed by atoms with Crippen LogP contribution in [0.3, 0.4) is 0 Å². The maximum Gasteiger partial charge on any atom is 0.264 e. The minimum absolute atomic E-state index is 0.0693. The van der Waals surface area contributed by atoms with Crippen molar-refractivity contribution in [1.29, 1.82) is 0 Å². The summed E-state index contributed by atoms with van der Waals surface area (Å²) >= 11 is 7.44. The van der Waals surface area contributed by atoms with E-state index in [1.807, 2.05) is 11.4 Å². The Hall–Kier alpha value is -2.05. The average molecular weight is 393 g/mol. The maximum atomic E-state index is 12.8. The summed E-state index contributed by atoms with van der Waals surface area (Å²) in [4.78, 5) is 27.8. The monoisotopic (exact) mass is 392 g/mol. The molecule has 26 heavy (non-hydrogen) atoms. The second-order valence-electron chi connectivity index (χ2n) is 6.16. The fraction of sp³-hybridized carbons (Fsp3) is 0.368. The Kier molecular flexibility index (Phi) is 6.16. The molecule has 1 aliphatic heterocycles. The van der Waals surface area contributed by atoms with Crippen molar-refractivity contribution in [2.75, 3.05) is 13.7 Å². The molecule has 1 N–H and O–H groups in total. The Labute approximate surface area is 161 Å². The number of nitrogens with zero attached hydrogens (tertiary/aromatic N) is 1. The number of benzene rings is 1. The van der Waals surface area contributed by atoms with E-state index < -0.39 is 6.04 Å². The lowest BCUT2D eigenvalue weighted by atomic mass is 10.0. The van der Waals surface area contributed by atoms with E-state index in [1.54, 1.807) is 36.3 Å². The van der Waals surface area contributed by atoms with Gasteiger partial charge in [-0.15, -0.1) is 11.3 Å². The standard InChI is InChI=1S/C19H21ClN2O3S/c1-25-16-8-7-14(20)11-13(16)12-21-18(23)15-5-2-3-9-22(15)19(24)17-6-4-10-26-17/h4,6-8,10-11,15H,2-3,5,9,12H2,1H3,(H,21,23). The fourth-order valence-electron chi connectivity index (χ4n) is 3.17. The van der Waals surface area contributed by atoms with E-state index in [0.717, 1.165) is 18.4 Å². The van der Waals surface area contributed by atoms with E-state index in [9.17, 15) is 9.59 Å². The van der Waals surface area contributed by atoms with Gasteiger partial charge in [0.2, 0.25) is 5.91 Å². The second kappa shape index (κ2) is 8.56. The van der Waals surface area contributed by atoms with Crippen molar-refractivity contribution in [2.45, 2.75) is 31.8 Å². The molecule has 2 heterocycles. The number of ether oxygens (including phenoxy) is 1. The highest BCUT2D eigenvalue weighted by Crippen LogP contribution is 2.24. The summed E-state index contributed by atoms with van der Waals surface area (Å²) in [7, 11) is 1.58. The first-order valence-corrected chi connectivity index (χ1v) is 9.80. The van der Waals surface area contributed by atoms with E-state index in [4.69, 9.17) is 16.3 Å². The van der Waals surface area contributed by atoms with Gasteiger partial charge in [0.25, 0.3) is 5.91 Å². The van der Waals surface area contributed by atoms with Gasteiger partial charge in [0, 0.05) is 23.7 Å². The van der Waals surface area contributed by atoms with E-state index in [2.05, 4.69) is 5.32 Å². The van der Waals surface area contributed by atoms with E-state index in [-0.39, 0.29) is 11.8 Å². The van der Waals surface area contributed by atoms with Crippen molar-refractivity contribution in [2.24, 2.45) is 0 Å². The zero-order valence-corrected chi connectivity index (χ0v) is 16.1. The van der Waals surface area contributed by atoms with Crippen molar-refractivity contribution in [1.82, 2.24) is 10.2 Å². The first-order valence-electron chi connectivity index (χ1n) is 8.54. The van der Waals surface area contributed by atoms with Crippen LogP contribution < -0.4 is 10.1 Å². The number of rotatable bonds is 5. The van der Waals surface area contributed by atoms with Crippen LogP contribution in [-0.4, -0.2) is 36.4 Å². The number of carbonyl (C=O) groups is 2. The maximum absolute atomic E-state index is 12.8. The molecular formula is C19H21ClN2O3S. The van der Waals surface area contributed by atoms with Crippen LogP contribution in [0.2, 0.25) is 5.02 Å². The third kappa shape index (κ3) is 4.19. The number of hydrogen-bond donors (Lipinski definition) is 1. The van der Waals surface area contributed by atoms with Crippen LogP contribution >= 0.6 is 22.9 Å². The molecule has 1 atom stereocenters. The van der Waals surface area contributed by atoms with Gasteiger partial charge in [-0.25, -0.2) is 0 Å². The lowest BCUT2D eigenvalue weighted by molar-refractivity contribution is -0.126. The summed E-state index contributed by atoms with van der Waals surface area (Å²) in [6, 6.07) is 8.50. The molecule has 1 aromatic carbocycles. The third-order valence-electron chi connectivity index (χ3n) is 4.49. The lowest BCUT2D eigenvalue weighted by Crippen LogP contribution is -2.51. The number of hydrogen-bond acceptors (Lipinski definition) is 4. The summed E-state index contributed by atoms with van der Waals surface area (Å²) in [5, 5.41) is 5.39. The van der Waals surface area contributed by atoms with Gasteiger partial charge in [-0.1, -0.05) is 17.7 Å². The molecule has 7 heteroatoms. The van der Waals surface area contributed by atoms with E-state index in [0.29, 0.717) is 35.2 Å². The predicted molar refractivity (Wildman–Crippen MR) is 103 cm³/mol. The zero-order chi connectivity index (χ0) is 18.5. The van der Waals surface area contributed by atoms with Crippen LogP contribution in [0.15, 0.2) is 35.7 Å². The Balaban J connectivity index is 1.69. The summed E-state index contributed by atoms with van der Waals surface area (Å²) in [5.41, 5.74) is 0.806. The van der Waals surface area contributed by atoms with E-state index >= 15 is 0 Å². The van der Waals surface area contributed by atoms with Gasteiger partial charge in [-0.05, 0) is 48.9 Å². The minimum Gasteiger partial charge on any atom is -0.496 e. The lowest BCUT2D eigenvalue weighted by Gasteiger charge is -2.34. The number of thiophene rings is 1. The summed E-state index contributed by atoms with van der Waals surface area (Å²) in [6.45, 7) is 0.912. The summed E-state index contributed by atoms with van der Waals surface area (Å²) < 4.78 is 5.31. The van der Waals surface area contributed by atoms with Crippen molar-refractivity contribution in [3.05, 3.63) is 51.2 Å². The van der Waals surface area contributed by atoms with Crippen molar-refractivity contribution >= 4 is 34.8 Å². The molecule has 1 fully saturated rings. The molecule has 0 bridgehead atoms. The molecule has 2 aromatic rings. The number of amides is 2. The molecule has 2 amide bonds. The molecule has 0 saturated carbocycles. The normalized spacial score (nSPS) is 17.0. The Morgan fingerprint density at radius 3 is 2.92 bits per heavy atom. The van der Waals surface area contributed by atoms with Crippen LogP contribution in [0, 0.1) is 0 Å². The first kappa shape index (κ1) is 18.7. The van der Waals surface area contributed by atoms with Gasteiger partial charge in [-0.2, -0.15) is 0 Å². The van der Waals surface area contributed by atoms with Crippen LogP contribution in [-0.2, 0) is 11.3 Å². The molecule has 1 aromatic heterocycles. The van der Waals surface area contributed by atoms with E-state index in [1.165, 1.54) is 11.3 Å². The number of piperidine rings is 1. The molecule has 0 spiro atoms. The number of methoxy groups -OCH3 is 1. The van der Waals surface area contributed by atoms with Gasteiger partial charge in [0.15, 0.2) is 0 Å². The van der Waals surface area contributed by atoms with Crippen LogP contribution in [0.5, 0.6) is 5.75 Å². The molecule has 1 unspecified atom stereocenters. The van der Waals surface area contributed by atoms with Gasteiger partial charge in [-0.3, -0.25) is 9.59 Å². The topological polar surface area (TPSA) is 58.6 Å². The molecule has 138 valence electrons. The van der Waals surface area contributed by atoms with Gasteiger partial charge in [0.05, 0.1) is 12.0 Å². The zero-order valence-electron chi connectivity index (χ0n) is 14.5. The molecule has 1 aliphatic rings. The summed E-state index contributed by atoms with van der Waals surface area (Å²) in [6.07, 6.45) is 2.53. The Morgan fingerprint density at radius 2 is 2.19 bits per heavy atom. The highest BCUT2D eigenvalue weighted by atomic mass is 35.5. The molecule has 0 radical (unpaired) electrons. The molecular weight excluding hydrogens is 372 g/mol. The Morgan fingerprint density at radius 1 is 1.35 bits per heavy atom. The van der Waals surface area contributed by atoms with Gasteiger partial charge in [0.1, 0.15) is 11.8 Å². The fourth-order valence-corrected chi connectivity index (χ4v) is 4.05. The molecule has 5 nitrogen and oxygen atoms in total. The van der Waals surface area contributed by atoms with Crippen molar-refractivity contribution < 1.29 is 14.3 Å². The highest BCUT2D eigenvalue weighted by molar-refractivity contribution is 7.12. The number of halogens is 1. The third-order valence-corrected chi connectivity index (χ3v) is 5.59. The van der Waals surface area contributed by atoms with Crippen molar-refractivity contribution in [3.63, 3.8) is 0 Å². The van der Waals surface area contributed by atoms with Crippen LogP contribution in [0.25, 0.3) is 0 Å². The predicted octanol–water partition coefficient (Wildman–Crippen LogP) is 3.72. The molecule has 1 saturated heterocycles. The molecule has 3 rings (SSSR count). The molecule has 0 aliphatic carbocycles. The summed E-state index contributed by atoms with van der Waals surface area (Å²) in [5.74, 6) is 0.460. The number of nitrogens with one attached hydrogen (secondary N) is 1. The SMILES string of the molecule is COc1ccc(Cl)cc1CNC(=O)C1CCCCN1C(=O)c1cccs1. The highest BCUT2D eigenvalue weighted by Gasteiger charge is 2.32. The smallest absolute Gasteiger partial charge is 0.264 e. The Bertz CT molecular complexity index is 779. The average Bonchev–Trinajstić information content (AvgIpc) is 3.20. The second-order valence-corrected chi connectivity index (χ2v) is 7.55. The van der Waals surface area contributed by atoms with Crippen LogP contribution in [0.4, 0.5) is 0 Å². The van der Waals surface area contributed by atoms with Crippen molar-refractivity contribution in [3.8, 4) is 5.75 Å².